The van der Waals surface area contributed by atoms with Crippen LogP contribution in [0.2, 0.25) is 0 Å². The molecule has 29 heavy (non-hydrogen) atoms. The molecule has 2 heterocycles. The number of hydrogen-bond donors (Lipinski definition) is 0. The molecule has 2 aromatic rings. The zero-order valence-corrected chi connectivity index (χ0v) is 17.0. The Morgan fingerprint density at radius 1 is 1.10 bits per heavy atom. The number of hydrogen-bond acceptors (Lipinski definition) is 6. The smallest absolute Gasteiger partial charge is 0.410 e. The van der Waals surface area contributed by atoms with Crippen molar-refractivity contribution in [3.63, 3.8) is 0 Å². The molecule has 1 atom stereocenters. The first-order chi connectivity index (χ1) is 13.7. The first-order valence-electron chi connectivity index (χ1n) is 9.41. The fourth-order valence-electron chi connectivity index (χ4n) is 3.30. The van der Waals surface area contributed by atoms with Crippen molar-refractivity contribution in [1.29, 1.82) is 0 Å². The second-order valence-corrected chi connectivity index (χ2v) is 7.87. The number of rotatable bonds is 2. The Hall–Kier alpha value is -3.16. The lowest BCUT2D eigenvalue weighted by Crippen LogP contribution is -2.60. The molecule has 1 saturated heterocycles. The number of nitrogens with zero attached hydrogens (tertiary/aromatic N) is 3. The molecule has 0 N–H and O–H groups in total. The van der Waals surface area contributed by atoms with Crippen LogP contribution in [0.5, 0.6) is 0 Å². The van der Waals surface area contributed by atoms with Crippen LogP contribution in [0, 0.1) is 0 Å². The van der Waals surface area contributed by atoms with Crippen molar-refractivity contribution in [2.45, 2.75) is 32.4 Å². The van der Waals surface area contributed by atoms with Crippen molar-refractivity contribution in [2.24, 2.45) is 0 Å². The van der Waals surface area contributed by atoms with Crippen LogP contribution in [0.4, 0.5) is 4.79 Å². The van der Waals surface area contributed by atoms with Crippen LogP contribution in [0.3, 0.4) is 0 Å². The van der Waals surface area contributed by atoms with E-state index in [1.165, 1.54) is 23.1 Å². The SMILES string of the molecule is COC(=O)C1CN(C(=O)OC(C)(C)C)CCN1C(=O)c1cncc2ccccc12. The number of benzene rings is 1. The second-order valence-electron chi connectivity index (χ2n) is 7.87. The third-order valence-corrected chi connectivity index (χ3v) is 4.66. The quantitative estimate of drug-likeness (QED) is 0.721. The van der Waals surface area contributed by atoms with E-state index >= 15 is 0 Å². The molecule has 0 aliphatic carbocycles. The monoisotopic (exact) mass is 399 g/mol. The number of ether oxygens (including phenoxy) is 2. The Balaban J connectivity index is 1.87. The molecular formula is C21H25N3O5. The van der Waals surface area contributed by atoms with Crippen LogP contribution in [-0.4, -0.2) is 71.1 Å². The van der Waals surface area contributed by atoms with Crippen LogP contribution >= 0.6 is 0 Å². The second kappa shape index (κ2) is 8.06. The lowest BCUT2D eigenvalue weighted by molar-refractivity contribution is -0.147. The van der Waals surface area contributed by atoms with Crippen LogP contribution in [0.15, 0.2) is 36.7 Å². The Bertz CT molecular complexity index is 932. The molecule has 1 aliphatic heterocycles. The van der Waals surface area contributed by atoms with E-state index in [0.717, 1.165) is 10.8 Å². The number of aromatic nitrogens is 1. The van der Waals surface area contributed by atoms with Gasteiger partial charge in [0.1, 0.15) is 11.6 Å². The molecule has 0 saturated carbocycles. The van der Waals surface area contributed by atoms with Gasteiger partial charge < -0.3 is 19.3 Å². The number of piperazine rings is 1. The molecule has 1 unspecified atom stereocenters. The minimum absolute atomic E-state index is 0.00548. The molecule has 1 aromatic carbocycles. The third-order valence-electron chi connectivity index (χ3n) is 4.66. The van der Waals surface area contributed by atoms with Gasteiger partial charge in [-0.2, -0.15) is 0 Å². The molecule has 3 rings (SSSR count). The molecule has 1 aliphatic rings. The molecule has 154 valence electrons. The summed E-state index contributed by atoms with van der Waals surface area (Å²) in [6, 6.07) is 6.51. The summed E-state index contributed by atoms with van der Waals surface area (Å²) in [6.07, 6.45) is 2.66. The standard InChI is InChI=1S/C21H25N3O5/c1-21(2,3)29-20(27)23-9-10-24(17(13-23)19(26)28-4)18(25)16-12-22-11-14-7-5-6-8-15(14)16/h5-8,11-12,17H,9-10,13H2,1-4H3. The fraction of sp³-hybridized carbons (Fsp3) is 0.429. The Labute approximate surface area is 169 Å². The maximum Gasteiger partial charge on any atom is 0.410 e. The lowest BCUT2D eigenvalue weighted by atomic mass is 10.0. The molecular weight excluding hydrogens is 374 g/mol. The Morgan fingerprint density at radius 2 is 1.83 bits per heavy atom. The van der Waals surface area contributed by atoms with Gasteiger partial charge in [-0.3, -0.25) is 9.78 Å². The molecule has 8 heteroatoms. The summed E-state index contributed by atoms with van der Waals surface area (Å²) >= 11 is 0. The van der Waals surface area contributed by atoms with Gasteiger partial charge in [-0.05, 0) is 26.2 Å². The number of pyridine rings is 1. The average Bonchev–Trinajstić information content (AvgIpc) is 2.70. The summed E-state index contributed by atoms with van der Waals surface area (Å²) in [7, 11) is 1.26. The van der Waals surface area contributed by atoms with Crippen molar-refractivity contribution in [3.05, 3.63) is 42.2 Å². The normalized spacial score (nSPS) is 17.2. The van der Waals surface area contributed by atoms with Crippen LogP contribution in [0.25, 0.3) is 10.8 Å². The maximum atomic E-state index is 13.3. The highest BCUT2D eigenvalue weighted by Gasteiger charge is 2.39. The number of fused-ring (bicyclic) bond motifs is 1. The largest absolute Gasteiger partial charge is 0.467 e. The van der Waals surface area contributed by atoms with Crippen molar-refractivity contribution in [1.82, 2.24) is 14.8 Å². The summed E-state index contributed by atoms with van der Waals surface area (Å²) in [5.41, 5.74) is -0.248. The van der Waals surface area contributed by atoms with Gasteiger partial charge in [0.15, 0.2) is 0 Å². The predicted molar refractivity (Wildman–Crippen MR) is 106 cm³/mol. The number of amides is 2. The molecule has 8 nitrogen and oxygen atoms in total. The molecule has 0 bridgehead atoms. The fourth-order valence-corrected chi connectivity index (χ4v) is 3.30. The van der Waals surface area contributed by atoms with E-state index in [0.29, 0.717) is 5.56 Å². The van der Waals surface area contributed by atoms with E-state index in [9.17, 15) is 14.4 Å². The summed E-state index contributed by atoms with van der Waals surface area (Å²) in [5.74, 6) is -0.909. The topological polar surface area (TPSA) is 89.0 Å². The molecule has 2 amide bonds. The number of esters is 1. The van der Waals surface area contributed by atoms with Crippen LogP contribution in [-0.2, 0) is 14.3 Å². The Kier molecular flexibility index (Phi) is 5.72. The van der Waals surface area contributed by atoms with Crippen molar-refractivity contribution >= 4 is 28.7 Å². The van der Waals surface area contributed by atoms with E-state index in [1.807, 2.05) is 24.3 Å². The van der Waals surface area contributed by atoms with Crippen molar-refractivity contribution in [3.8, 4) is 0 Å². The van der Waals surface area contributed by atoms with Gasteiger partial charge in [-0.25, -0.2) is 9.59 Å². The highest BCUT2D eigenvalue weighted by atomic mass is 16.6. The van der Waals surface area contributed by atoms with E-state index < -0.39 is 23.7 Å². The molecule has 1 fully saturated rings. The summed E-state index contributed by atoms with van der Waals surface area (Å²) in [4.78, 5) is 45.2. The Morgan fingerprint density at radius 3 is 2.52 bits per heavy atom. The first kappa shape index (κ1) is 20.6. The van der Waals surface area contributed by atoms with E-state index in [-0.39, 0.29) is 25.5 Å². The van der Waals surface area contributed by atoms with Gasteiger partial charge in [0.05, 0.1) is 19.2 Å². The summed E-state index contributed by atoms with van der Waals surface area (Å²) in [5, 5.41) is 1.59. The van der Waals surface area contributed by atoms with Crippen molar-refractivity contribution in [2.75, 3.05) is 26.7 Å². The highest BCUT2D eigenvalue weighted by molar-refractivity contribution is 6.07. The van der Waals surface area contributed by atoms with Gasteiger partial charge in [0, 0.05) is 30.9 Å². The van der Waals surface area contributed by atoms with Gasteiger partial charge in [-0.1, -0.05) is 24.3 Å². The number of carbonyl (C=O) groups is 3. The third kappa shape index (κ3) is 4.47. The zero-order valence-electron chi connectivity index (χ0n) is 17.0. The predicted octanol–water partition coefficient (Wildman–Crippen LogP) is 2.47. The minimum Gasteiger partial charge on any atom is -0.467 e. The highest BCUT2D eigenvalue weighted by Crippen LogP contribution is 2.22. The zero-order chi connectivity index (χ0) is 21.2. The number of methoxy groups -OCH3 is 1. The summed E-state index contributed by atoms with van der Waals surface area (Å²) < 4.78 is 10.3. The van der Waals surface area contributed by atoms with Gasteiger partial charge in [-0.15, -0.1) is 0 Å². The van der Waals surface area contributed by atoms with E-state index in [1.54, 1.807) is 27.0 Å². The van der Waals surface area contributed by atoms with Gasteiger partial charge in [0.25, 0.3) is 5.91 Å². The van der Waals surface area contributed by atoms with Crippen LogP contribution < -0.4 is 0 Å². The molecule has 0 spiro atoms. The lowest BCUT2D eigenvalue weighted by Gasteiger charge is -2.40. The van der Waals surface area contributed by atoms with Gasteiger partial charge in [0.2, 0.25) is 0 Å². The van der Waals surface area contributed by atoms with E-state index in [2.05, 4.69) is 4.98 Å². The van der Waals surface area contributed by atoms with Crippen LogP contribution in [0.1, 0.15) is 31.1 Å². The average molecular weight is 399 g/mol. The van der Waals surface area contributed by atoms with E-state index in [4.69, 9.17) is 9.47 Å². The first-order valence-corrected chi connectivity index (χ1v) is 9.41. The molecule has 1 aromatic heterocycles. The molecule has 0 radical (unpaired) electrons. The minimum atomic E-state index is -0.923. The summed E-state index contributed by atoms with van der Waals surface area (Å²) in [6.45, 7) is 5.76. The maximum absolute atomic E-state index is 13.3. The van der Waals surface area contributed by atoms with Gasteiger partial charge >= 0.3 is 12.1 Å². The van der Waals surface area contributed by atoms with Crippen molar-refractivity contribution < 1.29 is 23.9 Å². The number of carbonyl (C=O) groups excluding carboxylic acids is 3.